The first-order valence-corrected chi connectivity index (χ1v) is 7.79. The van der Waals surface area contributed by atoms with Crippen molar-refractivity contribution < 1.29 is 18.0 Å². The molecule has 1 amide bonds. The molecule has 0 bridgehead atoms. The maximum Gasteiger partial charge on any atom is 0.420 e. The molecule has 3 heterocycles. The van der Waals surface area contributed by atoms with Crippen molar-refractivity contribution in [3.63, 3.8) is 0 Å². The van der Waals surface area contributed by atoms with Crippen LogP contribution in [-0.4, -0.2) is 35.9 Å². The Labute approximate surface area is 152 Å². The van der Waals surface area contributed by atoms with Crippen LogP contribution in [0.2, 0.25) is 0 Å². The Kier molecular flexibility index (Phi) is 4.68. The van der Waals surface area contributed by atoms with Gasteiger partial charge >= 0.3 is 6.18 Å². The van der Waals surface area contributed by atoms with Crippen LogP contribution in [0, 0.1) is 6.92 Å². The van der Waals surface area contributed by atoms with Crippen molar-refractivity contribution in [1.29, 1.82) is 0 Å². The molecule has 0 spiro atoms. The summed E-state index contributed by atoms with van der Waals surface area (Å²) in [6, 6.07) is 0.763. The Balaban J connectivity index is 1.95. The van der Waals surface area contributed by atoms with Crippen molar-refractivity contribution in [2.24, 2.45) is 0 Å². The minimum absolute atomic E-state index is 0.125. The Morgan fingerprint density at radius 3 is 2.50 bits per heavy atom. The average Bonchev–Trinajstić information content (AvgIpc) is 3.08. The molecule has 0 aromatic carbocycles. The van der Waals surface area contributed by atoms with Gasteiger partial charge in [-0.05, 0) is 28.9 Å². The van der Waals surface area contributed by atoms with Crippen LogP contribution in [0.1, 0.15) is 21.6 Å². The van der Waals surface area contributed by atoms with Crippen LogP contribution in [0.3, 0.4) is 0 Å². The van der Waals surface area contributed by atoms with Gasteiger partial charge in [0, 0.05) is 6.20 Å². The molecule has 3 rings (SSSR count). The van der Waals surface area contributed by atoms with Gasteiger partial charge in [-0.2, -0.15) is 23.4 Å². The van der Waals surface area contributed by atoms with Gasteiger partial charge in [0.05, 0.1) is 35.5 Å². The van der Waals surface area contributed by atoms with E-state index in [1.165, 1.54) is 18.6 Å². The highest BCUT2D eigenvalue weighted by Crippen LogP contribution is 2.34. The standard InChI is InChI=1S/C14H9BrF3N7O/c1-7-9(6-20-13(15)23-7)12(26)24-8-4-10(14(16,17)18)11(19-5-8)25-21-2-3-22-25/h2-6H,1H3,(H,24,26). The number of nitrogens with one attached hydrogen (secondary N) is 1. The molecule has 0 unspecified atom stereocenters. The number of aromatic nitrogens is 6. The van der Waals surface area contributed by atoms with E-state index in [9.17, 15) is 18.0 Å². The second-order valence-electron chi connectivity index (χ2n) is 5.00. The third-order valence-electron chi connectivity index (χ3n) is 3.23. The van der Waals surface area contributed by atoms with Gasteiger partial charge in [0.1, 0.15) is 5.56 Å². The Morgan fingerprint density at radius 1 is 1.19 bits per heavy atom. The molecule has 0 radical (unpaired) electrons. The quantitative estimate of drug-likeness (QED) is 0.645. The molecule has 3 aromatic heterocycles. The first kappa shape index (κ1) is 17.9. The lowest BCUT2D eigenvalue weighted by atomic mass is 10.2. The number of alkyl halides is 3. The van der Waals surface area contributed by atoms with E-state index < -0.39 is 23.5 Å². The summed E-state index contributed by atoms with van der Waals surface area (Å²) in [4.78, 5) is 24.6. The number of aryl methyl sites for hydroxylation is 1. The molecule has 0 aliphatic carbocycles. The van der Waals surface area contributed by atoms with Crippen LogP contribution >= 0.6 is 15.9 Å². The van der Waals surface area contributed by atoms with E-state index in [-0.39, 0.29) is 11.3 Å². The van der Waals surface area contributed by atoms with Gasteiger partial charge < -0.3 is 5.32 Å². The third kappa shape index (κ3) is 3.69. The molecule has 0 atom stereocenters. The first-order valence-electron chi connectivity index (χ1n) is 7.00. The SMILES string of the molecule is Cc1nc(Br)ncc1C(=O)Nc1cnc(-n2nccn2)c(C(F)(F)F)c1. The molecular weight excluding hydrogens is 419 g/mol. The lowest BCUT2D eigenvalue weighted by Crippen LogP contribution is -2.18. The molecule has 0 saturated carbocycles. The van der Waals surface area contributed by atoms with E-state index in [0.717, 1.165) is 17.1 Å². The zero-order valence-corrected chi connectivity index (χ0v) is 14.6. The molecular formula is C14H9BrF3N7O. The fraction of sp³-hybridized carbons (Fsp3) is 0.143. The highest BCUT2D eigenvalue weighted by molar-refractivity contribution is 9.10. The summed E-state index contributed by atoms with van der Waals surface area (Å²) in [5.41, 5.74) is -0.735. The van der Waals surface area contributed by atoms with E-state index in [2.05, 4.69) is 46.4 Å². The van der Waals surface area contributed by atoms with Crippen molar-refractivity contribution >= 4 is 27.5 Å². The van der Waals surface area contributed by atoms with Gasteiger partial charge in [-0.3, -0.25) is 4.79 Å². The zero-order valence-electron chi connectivity index (χ0n) is 13.0. The molecule has 1 N–H and O–H groups in total. The molecule has 134 valence electrons. The summed E-state index contributed by atoms with van der Waals surface area (Å²) in [7, 11) is 0. The van der Waals surface area contributed by atoms with Crippen molar-refractivity contribution in [3.05, 3.63) is 52.4 Å². The highest BCUT2D eigenvalue weighted by atomic mass is 79.9. The van der Waals surface area contributed by atoms with Crippen LogP contribution < -0.4 is 5.32 Å². The number of carbonyl (C=O) groups is 1. The minimum Gasteiger partial charge on any atom is -0.320 e. The summed E-state index contributed by atoms with van der Waals surface area (Å²) in [5, 5.41) is 9.66. The van der Waals surface area contributed by atoms with E-state index in [1.807, 2.05) is 0 Å². The fourth-order valence-electron chi connectivity index (χ4n) is 2.08. The largest absolute Gasteiger partial charge is 0.420 e. The number of amides is 1. The summed E-state index contributed by atoms with van der Waals surface area (Å²) in [6.45, 7) is 1.58. The van der Waals surface area contributed by atoms with Crippen LogP contribution in [-0.2, 0) is 6.18 Å². The van der Waals surface area contributed by atoms with Gasteiger partial charge in [0.25, 0.3) is 5.91 Å². The molecule has 3 aromatic rings. The van der Waals surface area contributed by atoms with E-state index >= 15 is 0 Å². The predicted octanol–water partition coefficient (Wildman–Crippen LogP) is 2.79. The topological polar surface area (TPSA) is 98.5 Å². The van der Waals surface area contributed by atoms with Crippen LogP contribution in [0.4, 0.5) is 18.9 Å². The van der Waals surface area contributed by atoms with Gasteiger partial charge in [-0.15, -0.1) is 4.80 Å². The molecule has 0 fully saturated rings. The van der Waals surface area contributed by atoms with Crippen molar-refractivity contribution in [1.82, 2.24) is 29.9 Å². The number of carbonyl (C=O) groups excluding carboxylic acids is 1. The Bertz CT molecular complexity index is 960. The summed E-state index contributed by atoms with van der Waals surface area (Å²) in [5.74, 6) is -1.15. The smallest absolute Gasteiger partial charge is 0.320 e. The Morgan fingerprint density at radius 2 is 1.88 bits per heavy atom. The van der Waals surface area contributed by atoms with Crippen molar-refractivity contribution in [2.75, 3.05) is 5.32 Å². The monoisotopic (exact) mass is 427 g/mol. The number of rotatable bonds is 3. The van der Waals surface area contributed by atoms with Gasteiger partial charge in [-0.25, -0.2) is 15.0 Å². The summed E-state index contributed by atoms with van der Waals surface area (Å²) in [6.07, 6.45) is 0.0950. The lowest BCUT2D eigenvalue weighted by molar-refractivity contribution is -0.137. The van der Waals surface area contributed by atoms with Crippen LogP contribution in [0.5, 0.6) is 0 Å². The average molecular weight is 428 g/mol. The maximum absolute atomic E-state index is 13.3. The normalized spacial score (nSPS) is 11.4. The van der Waals surface area contributed by atoms with Crippen molar-refractivity contribution in [3.8, 4) is 5.82 Å². The highest BCUT2D eigenvalue weighted by Gasteiger charge is 2.36. The number of halogens is 4. The molecule has 8 nitrogen and oxygen atoms in total. The predicted molar refractivity (Wildman–Crippen MR) is 86.6 cm³/mol. The molecule has 0 aliphatic heterocycles. The third-order valence-corrected chi connectivity index (χ3v) is 3.61. The molecule has 26 heavy (non-hydrogen) atoms. The molecule has 0 saturated heterocycles. The second kappa shape index (κ2) is 6.78. The second-order valence-corrected chi connectivity index (χ2v) is 5.71. The number of nitrogens with zero attached hydrogens (tertiary/aromatic N) is 6. The summed E-state index contributed by atoms with van der Waals surface area (Å²) < 4.78 is 40.3. The number of anilines is 1. The number of hydrogen-bond donors (Lipinski definition) is 1. The zero-order chi connectivity index (χ0) is 18.9. The van der Waals surface area contributed by atoms with E-state index in [0.29, 0.717) is 10.4 Å². The van der Waals surface area contributed by atoms with E-state index in [1.54, 1.807) is 6.92 Å². The Hall–Kier alpha value is -2.89. The molecule has 0 aliphatic rings. The van der Waals surface area contributed by atoms with Gasteiger partial charge in [0.2, 0.25) is 0 Å². The van der Waals surface area contributed by atoms with Gasteiger partial charge in [-0.1, -0.05) is 0 Å². The lowest BCUT2D eigenvalue weighted by Gasteiger charge is -2.13. The number of pyridine rings is 1. The fourth-order valence-corrected chi connectivity index (χ4v) is 2.45. The van der Waals surface area contributed by atoms with E-state index in [4.69, 9.17) is 0 Å². The first-order chi connectivity index (χ1) is 12.3. The maximum atomic E-state index is 13.3. The van der Waals surface area contributed by atoms with Gasteiger partial charge in [0.15, 0.2) is 10.6 Å². The van der Waals surface area contributed by atoms with Crippen LogP contribution in [0.25, 0.3) is 5.82 Å². The molecule has 12 heteroatoms. The number of hydrogen-bond acceptors (Lipinski definition) is 6. The minimum atomic E-state index is -4.71. The van der Waals surface area contributed by atoms with Crippen molar-refractivity contribution in [2.45, 2.75) is 13.1 Å². The van der Waals surface area contributed by atoms with Crippen LogP contribution in [0.15, 0.2) is 35.6 Å². The summed E-state index contributed by atoms with van der Waals surface area (Å²) >= 11 is 3.07.